The minimum absolute atomic E-state index is 0.0605. The molecule has 0 aromatic heterocycles. The van der Waals surface area contributed by atoms with Crippen LogP contribution in [-0.2, 0) is 14.8 Å². The van der Waals surface area contributed by atoms with Crippen molar-refractivity contribution in [2.45, 2.75) is 57.4 Å². The van der Waals surface area contributed by atoms with Crippen LogP contribution in [0, 0.1) is 5.92 Å². The highest BCUT2D eigenvalue weighted by molar-refractivity contribution is 7.90. The second-order valence-corrected chi connectivity index (χ2v) is 12.1. The zero-order valence-electron chi connectivity index (χ0n) is 21.7. The van der Waals surface area contributed by atoms with Gasteiger partial charge in [0.1, 0.15) is 0 Å². The van der Waals surface area contributed by atoms with Crippen molar-refractivity contribution in [3.05, 3.63) is 59.7 Å². The molecule has 0 unspecified atom stereocenters. The number of hydrogen-bond acceptors (Lipinski definition) is 6. The minimum atomic E-state index is -3.81. The van der Waals surface area contributed by atoms with Crippen molar-refractivity contribution in [3.63, 3.8) is 0 Å². The van der Waals surface area contributed by atoms with Gasteiger partial charge < -0.3 is 15.5 Å². The summed E-state index contributed by atoms with van der Waals surface area (Å²) in [5.41, 5.74) is 2.79. The number of benzodiazepines with no additional fused rings is 1. The Morgan fingerprint density at radius 3 is 2.45 bits per heavy atom. The lowest BCUT2D eigenvalue weighted by Gasteiger charge is -2.25. The van der Waals surface area contributed by atoms with Crippen LogP contribution in [0.5, 0.6) is 0 Å². The molecule has 1 atom stereocenters. The third kappa shape index (κ3) is 6.04. The van der Waals surface area contributed by atoms with E-state index in [-0.39, 0.29) is 23.1 Å². The van der Waals surface area contributed by atoms with Crippen molar-refractivity contribution in [1.82, 2.24) is 10.0 Å². The molecule has 1 aliphatic carbocycles. The van der Waals surface area contributed by atoms with E-state index in [1.807, 2.05) is 29.0 Å². The van der Waals surface area contributed by atoms with E-state index in [1.54, 1.807) is 13.1 Å². The van der Waals surface area contributed by atoms with E-state index in [1.165, 1.54) is 43.4 Å². The molecule has 4 amide bonds. The van der Waals surface area contributed by atoms with Gasteiger partial charge in [-0.3, -0.25) is 14.6 Å². The quantitative estimate of drug-likeness (QED) is 0.515. The molecule has 1 heterocycles. The highest BCUT2D eigenvalue weighted by Crippen LogP contribution is 2.33. The molecular weight excluding hydrogens is 506 g/mol. The van der Waals surface area contributed by atoms with Crippen LogP contribution in [0.2, 0.25) is 0 Å². The Labute approximate surface area is 223 Å². The van der Waals surface area contributed by atoms with E-state index < -0.39 is 33.4 Å². The molecule has 38 heavy (non-hydrogen) atoms. The fourth-order valence-corrected chi connectivity index (χ4v) is 5.29. The van der Waals surface area contributed by atoms with Gasteiger partial charge in [0.05, 0.1) is 16.6 Å². The van der Waals surface area contributed by atoms with Crippen molar-refractivity contribution in [3.8, 4) is 0 Å². The zero-order chi connectivity index (χ0) is 27.4. The predicted octanol–water partition coefficient (Wildman–Crippen LogP) is 3.65. The van der Waals surface area contributed by atoms with Gasteiger partial charge >= 0.3 is 6.03 Å². The van der Waals surface area contributed by atoms with E-state index in [0.717, 1.165) is 42.6 Å². The van der Waals surface area contributed by atoms with Gasteiger partial charge in [0.15, 0.2) is 0 Å². The van der Waals surface area contributed by atoms with Gasteiger partial charge in [0, 0.05) is 29.8 Å². The number of hydrogen-bond donors (Lipinski definition) is 3. The van der Waals surface area contributed by atoms with Crippen molar-refractivity contribution in [1.29, 1.82) is 0 Å². The van der Waals surface area contributed by atoms with Gasteiger partial charge in [-0.05, 0) is 51.0 Å². The number of amides is 4. The monoisotopic (exact) mass is 539 g/mol. The van der Waals surface area contributed by atoms with Crippen molar-refractivity contribution < 1.29 is 22.8 Å². The average molecular weight is 540 g/mol. The van der Waals surface area contributed by atoms with Crippen LogP contribution in [0.25, 0.3) is 0 Å². The summed E-state index contributed by atoms with van der Waals surface area (Å²) in [4.78, 5) is 45.0. The molecule has 1 fully saturated rings. The molecule has 2 aromatic rings. The van der Waals surface area contributed by atoms with Crippen LogP contribution in [0.3, 0.4) is 0 Å². The number of urea groups is 1. The van der Waals surface area contributed by atoms with Gasteiger partial charge in [-0.2, -0.15) is 0 Å². The standard InChI is InChI=1S/C27H33N5O5S/c1-17(2)38(36,37)31-25(33)19-12-9-13-20(16-19)28-27(35)30-24-26(34)32(3)22-15-8-7-14-21(22)23(29-24)18-10-5-4-6-11-18/h7-9,12-18,24H,4-6,10-11H2,1-3H3,(H,31,33)(H2,28,30,35)/t24-/m1/s1. The Balaban J connectivity index is 1.54. The fraction of sp³-hybridized carbons (Fsp3) is 0.407. The molecule has 10 nitrogen and oxygen atoms in total. The second-order valence-electron chi connectivity index (χ2n) is 9.87. The number of para-hydroxylation sites is 1. The summed E-state index contributed by atoms with van der Waals surface area (Å²) >= 11 is 0. The van der Waals surface area contributed by atoms with Crippen LogP contribution < -0.4 is 20.3 Å². The van der Waals surface area contributed by atoms with E-state index in [0.29, 0.717) is 0 Å². The summed E-state index contributed by atoms with van der Waals surface area (Å²) in [6, 6.07) is 12.8. The Morgan fingerprint density at radius 1 is 1.03 bits per heavy atom. The third-order valence-corrected chi connectivity index (χ3v) is 8.58. The molecule has 0 saturated heterocycles. The van der Waals surface area contributed by atoms with Gasteiger partial charge in [-0.1, -0.05) is 43.5 Å². The molecule has 2 aliphatic rings. The molecule has 1 aliphatic heterocycles. The van der Waals surface area contributed by atoms with Gasteiger partial charge in [-0.15, -0.1) is 0 Å². The lowest BCUT2D eigenvalue weighted by atomic mass is 9.83. The normalized spacial score (nSPS) is 18.3. The number of aliphatic imine (C=N–C) groups is 1. The topological polar surface area (TPSA) is 137 Å². The Morgan fingerprint density at radius 2 is 1.74 bits per heavy atom. The number of anilines is 2. The predicted molar refractivity (Wildman–Crippen MR) is 147 cm³/mol. The average Bonchev–Trinajstić information content (AvgIpc) is 2.99. The van der Waals surface area contributed by atoms with Crippen molar-refractivity contribution >= 4 is 45.0 Å². The molecule has 0 bridgehead atoms. The number of carbonyl (C=O) groups is 3. The summed E-state index contributed by atoms with van der Waals surface area (Å²) in [5.74, 6) is -0.970. The Hall–Kier alpha value is -3.73. The summed E-state index contributed by atoms with van der Waals surface area (Å²) in [5, 5.41) is 4.51. The van der Waals surface area contributed by atoms with Crippen LogP contribution in [-0.4, -0.2) is 50.4 Å². The third-order valence-electron chi connectivity index (χ3n) is 6.87. The highest BCUT2D eigenvalue weighted by atomic mass is 32.2. The van der Waals surface area contributed by atoms with Crippen LogP contribution in [0.15, 0.2) is 53.5 Å². The number of sulfonamides is 1. The Bertz CT molecular complexity index is 1370. The molecule has 1 saturated carbocycles. The van der Waals surface area contributed by atoms with Crippen molar-refractivity contribution in [2.24, 2.45) is 10.9 Å². The summed E-state index contributed by atoms with van der Waals surface area (Å²) < 4.78 is 26.1. The molecular formula is C27H33N5O5S. The van der Waals surface area contributed by atoms with Gasteiger partial charge in [0.2, 0.25) is 16.2 Å². The molecule has 0 radical (unpaired) electrons. The maximum atomic E-state index is 13.3. The number of nitrogens with zero attached hydrogens (tertiary/aromatic N) is 2. The summed E-state index contributed by atoms with van der Waals surface area (Å²) in [7, 11) is -2.14. The largest absolute Gasteiger partial charge is 0.321 e. The maximum Gasteiger partial charge on any atom is 0.321 e. The maximum absolute atomic E-state index is 13.3. The number of rotatable bonds is 6. The smallest absolute Gasteiger partial charge is 0.311 e. The first-order valence-electron chi connectivity index (χ1n) is 12.7. The lowest BCUT2D eigenvalue weighted by molar-refractivity contribution is -0.119. The number of benzene rings is 2. The van der Waals surface area contributed by atoms with E-state index >= 15 is 0 Å². The number of nitrogens with one attached hydrogen (secondary N) is 3. The zero-order valence-corrected chi connectivity index (χ0v) is 22.5. The minimum Gasteiger partial charge on any atom is -0.311 e. The van der Waals surface area contributed by atoms with E-state index in [4.69, 9.17) is 4.99 Å². The lowest BCUT2D eigenvalue weighted by Crippen LogP contribution is -2.47. The van der Waals surface area contributed by atoms with E-state index in [2.05, 4.69) is 10.6 Å². The second kappa shape index (κ2) is 11.3. The Kier molecular flexibility index (Phi) is 8.15. The molecule has 3 N–H and O–H groups in total. The van der Waals surface area contributed by atoms with E-state index in [9.17, 15) is 22.8 Å². The molecule has 0 spiro atoms. The number of likely N-dealkylation sites (N-methyl/N-ethyl adjacent to an activating group) is 1. The van der Waals surface area contributed by atoms with Gasteiger partial charge in [-0.25, -0.2) is 17.9 Å². The molecule has 11 heteroatoms. The molecule has 2 aromatic carbocycles. The summed E-state index contributed by atoms with van der Waals surface area (Å²) in [6.45, 7) is 2.93. The first-order valence-corrected chi connectivity index (χ1v) is 14.3. The van der Waals surface area contributed by atoms with Crippen LogP contribution in [0.1, 0.15) is 61.9 Å². The highest BCUT2D eigenvalue weighted by Gasteiger charge is 2.33. The molecule has 202 valence electrons. The number of carbonyl (C=O) groups excluding carboxylic acids is 3. The first kappa shape index (κ1) is 27.3. The van der Waals surface area contributed by atoms with Crippen LogP contribution in [0.4, 0.5) is 16.2 Å². The van der Waals surface area contributed by atoms with Gasteiger partial charge in [0.25, 0.3) is 11.8 Å². The first-order chi connectivity index (χ1) is 18.1. The van der Waals surface area contributed by atoms with Crippen molar-refractivity contribution in [2.75, 3.05) is 17.3 Å². The fourth-order valence-electron chi connectivity index (χ4n) is 4.68. The number of fused-ring (bicyclic) bond motifs is 1. The van der Waals surface area contributed by atoms with Crippen LogP contribution >= 0.6 is 0 Å². The SMILES string of the molecule is CC(C)S(=O)(=O)NC(=O)c1cccc(NC(=O)N[C@H]2N=C(C3CCCCC3)c3ccccc3N(C)C2=O)c1. The molecule has 4 rings (SSSR count). The summed E-state index contributed by atoms with van der Waals surface area (Å²) in [6.07, 6.45) is 4.19.